The Bertz CT molecular complexity index is 903. The molecule has 0 atom stereocenters. The lowest BCUT2D eigenvalue weighted by atomic mass is 10.1. The number of hydrogen-bond acceptors (Lipinski definition) is 7. The summed E-state index contributed by atoms with van der Waals surface area (Å²) in [5.41, 5.74) is 5.88. The molecule has 0 bridgehead atoms. The Balaban J connectivity index is 2.93. The van der Waals surface area contributed by atoms with E-state index in [-0.39, 0.29) is 28.3 Å². The first-order chi connectivity index (χ1) is 12.5. The molecule has 0 radical (unpaired) electrons. The number of carbonyl (C=O) groups is 2. The number of nitrogen functional groups attached to an aromatic ring is 1. The van der Waals surface area contributed by atoms with Gasteiger partial charge in [-0.05, 0) is 18.2 Å². The van der Waals surface area contributed by atoms with Crippen molar-refractivity contribution in [1.82, 2.24) is 10.6 Å². The lowest BCUT2D eigenvalue weighted by molar-refractivity contribution is 0.0969. The van der Waals surface area contributed by atoms with E-state index in [9.17, 15) is 26.4 Å². The van der Waals surface area contributed by atoms with Crippen LogP contribution in [0.5, 0.6) is 0 Å². The molecule has 9 nitrogen and oxygen atoms in total. The van der Waals surface area contributed by atoms with Crippen LogP contribution in [-0.2, 0) is 19.7 Å². The van der Waals surface area contributed by atoms with Crippen molar-refractivity contribution < 1.29 is 26.4 Å². The first-order valence-electron chi connectivity index (χ1n) is 7.80. The summed E-state index contributed by atoms with van der Waals surface area (Å²) in [6.07, 6.45) is 1.98. The quantitative estimate of drug-likeness (QED) is 0.524. The summed E-state index contributed by atoms with van der Waals surface area (Å²) >= 11 is 0. The van der Waals surface area contributed by atoms with Gasteiger partial charge >= 0.3 is 0 Å². The van der Waals surface area contributed by atoms with Crippen molar-refractivity contribution >= 4 is 37.2 Å². The highest BCUT2D eigenvalue weighted by Gasteiger charge is 2.12. The normalized spacial score (nSPS) is 12.4. The van der Waals surface area contributed by atoms with Gasteiger partial charge < -0.3 is 16.4 Å². The molecular weight excluding hydrogens is 394 g/mol. The van der Waals surface area contributed by atoms with Crippen LogP contribution in [0.4, 0.5) is 5.69 Å². The van der Waals surface area contributed by atoms with Gasteiger partial charge in [0.2, 0.25) is 0 Å². The van der Waals surface area contributed by atoms with E-state index in [1.54, 1.807) is 0 Å². The van der Waals surface area contributed by atoms with Crippen LogP contribution in [0.25, 0.3) is 0 Å². The summed E-state index contributed by atoms with van der Waals surface area (Å²) in [5.74, 6) is -1.54. The van der Waals surface area contributed by atoms with E-state index in [1.807, 2.05) is 0 Å². The third-order valence-electron chi connectivity index (χ3n) is 3.26. The van der Waals surface area contributed by atoms with Crippen LogP contribution < -0.4 is 16.4 Å². The second-order valence-corrected chi connectivity index (χ2v) is 9.65. The Morgan fingerprint density at radius 3 is 1.56 bits per heavy atom. The van der Waals surface area contributed by atoms with Crippen molar-refractivity contribution in [2.45, 2.75) is 13.8 Å². The third kappa shape index (κ3) is 7.62. The maximum atomic E-state index is 12.1. The molecule has 0 aliphatic heterocycles. The van der Waals surface area contributed by atoms with Gasteiger partial charge in [-0.2, -0.15) is 0 Å². The smallest absolute Gasteiger partial charge is 0.255 e. The van der Waals surface area contributed by atoms with Crippen molar-refractivity contribution in [1.29, 1.82) is 0 Å². The Hall–Kier alpha value is -2.66. The van der Waals surface area contributed by atoms with Crippen LogP contribution in [0.1, 0.15) is 34.6 Å². The SMILES string of the molecule is CCS(=O)(=O)C=CNC(=O)c1cc(N)cc(C(=O)NC=CS(=O)(=O)CC)c1. The molecule has 0 unspecified atom stereocenters. The van der Waals surface area contributed by atoms with E-state index in [2.05, 4.69) is 10.6 Å². The van der Waals surface area contributed by atoms with Crippen LogP contribution in [0.3, 0.4) is 0 Å². The minimum absolute atomic E-state index is 0.0313. The van der Waals surface area contributed by atoms with Gasteiger partial charge in [-0.15, -0.1) is 0 Å². The highest BCUT2D eigenvalue weighted by Crippen LogP contribution is 2.12. The molecule has 0 aliphatic rings. The molecule has 1 aromatic carbocycles. The maximum Gasteiger partial charge on any atom is 0.255 e. The number of amides is 2. The molecule has 0 spiro atoms. The number of hydrogen-bond donors (Lipinski definition) is 3. The van der Waals surface area contributed by atoms with E-state index in [0.717, 1.165) is 23.2 Å². The molecule has 4 N–H and O–H groups in total. The lowest BCUT2D eigenvalue weighted by Crippen LogP contribution is -2.21. The highest BCUT2D eigenvalue weighted by atomic mass is 32.2. The summed E-state index contributed by atoms with van der Waals surface area (Å²) in [4.78, 5) is 24.2. The van der Waals surface area contributed by atoms with Gasteiger partial charge in [0, 0.05) is 40.0 Å². The van der Waals surface area contributed by atoms with Crippen LogP contribution in [0.15, 0.2) is 41.4 Å². The molecule has 0 aliphatic carbocycles. The molecule has 1 rings (SSSR count). The van der Waals surface area contributed by atoms with E-state index >= 15 is 0 Å². The standard InChI is InChI=1S/C16H21N3O6S2/c1-3-26(22,23)7-5-18-15(20)12-9-13(11-14(17)10-12)16(21)19-6-8-27(24,25)4-2/h5-11H,3-4,17H2,1-2H3,(H,18,20)(H,19,21). The molecular formula is C16H21N3O6S2. The molecule has 148 valence electrons. The fraction of sp³-hybridized carbons (Fsp3) is 0.250. The van der Waals surface area contributed by atoms with E-state index in [4.69, 9.17) is 5.73 Å². The van der Waals surface area contributed by atoms with Crippen LogP contribution in [-0.4, -0.2) is 40.2 Å². The topological polar surface area (TPSA) is 152 Å². The zero-order valence-corrected chi connectivity index (χ0v) is 16.4. The number of carbonyl (C=O) groups excluding carboxylic acids is 2. The Morgan fingerprint density at radius 2 is 1.22 bits per heavy atom. The summed E-state index contributed by atoms with van der Waals surface area (Å²) < 4.78 is 45.4. The second kappa shape index (κ2) is 9.33. The van der Waals surface area contributed by atoms with Gasteiger partial charge in [-0.1, -0.05) is 13.8 Å². The minimum atomic E-state index is -3.39. The summed E-state index contributed by atoms with van der Waals surface area (Å²) in [5, 5.41) is 6.28. The molecule has 11 heteroatoms. The zero-order chi connectivity index (χ0) is 20.7. The number of anilines is 1. The average molecular weight is 415 g/mol. The molecule has 27 heavy (non-hydrogen) atoms. The van der Waals surface area contributed by atoms with Crippen molar-refractivity contribution in [2.75, 3.05) is 17.2 Å². The van der Waals surface area contributed by atoms with Crippen molar-refractivity contribution in [3.05, 3.63) is 52.5 Å². The monoisotopic (exact) mass is 415 g/mol. The molecule has 0 saturated heterocycles. The van der Waals surface area contributed by atoms with Gasteiger partial charge in [0.25, 0.3) is 11.8 Å². The first-order valence-corrected chi connectivity index (χ1v) is 11.2. The Morgan fingerprint density at radius 1 is 0.852 bits per heavy atom. The molecule has 1 aromatic rings. The van der Waals surface area contributed by atoms with E-state index in [0.29, 0.717) is 0 Å². The van der Waals surface area contributed by atoms with Crippen LogP contribution in [0.2, 0.25) is 0 Å². The minimum Gasteiger partial charge on any atom is -0.399 e. The van der Waals surface area contributed by atoms with Crippen LogP contribution in [0, 0.1) is 0 Å². The molecule has 0 fully saturated rings. The van der Waals surface area contributed by atoms with E-state index < -0.39 is 31.5 Å². The highest BCUT2D eigenvalue weighted by molar-refractivity contribution is 7.94. The number of rotatable bonds is 8. The fourth-order valence-electron chi connectivity index (χ4n) is 1.70. The van der Waals surface area contributed by atoms with Gasteiger partial charge in [-0.3, -0.25) is 9.59 Å². The Labute approximate surface area is 158 Å². The number of sulfone groups is 2. The fourth-order valence-corrected chi connectivity index (χ4v) is 2.64. The zero-order valence-electron chi connectivity index (χ0n) is 14.8. The predicted molar refractivity (Wildman–Crippen MR) is 103 cm³/mol. The lowest BCUT2D eigenvalue weighted by Gasteiger charge is -2.06. The first kappa shape index (κ1) is 22.4. The third-order valence-corrected chi connectivity index (χ3v) is 5.98. The van der Waals surface area contributed by atoms with Crippen LogP contribution >= 0.6 is 0 Å². The summed E-state index contributed by atoms with van der Waals surface area (Å²) in [6.45, 7) is 2.93. The largest absolute Gasteiger partial charge is 0.399 e. The molecule has 0 heterocycles. The molecule has 0 saturated carbocycles. The maximum absolute atomic E-state index is 12.1. The number of nitrogens with one attached hydrogen (secondary N) is 2. The van der Waals surface area contributed by atoms with Gasteiger partial charge in [-0.25, -0.2) is 16.8 Å². The van der Waals surface area contributed by atoms with Crippen molar-refractivity contribution in [3.63, 3.8) is 0 Å². The predicted octanol–water partition coefficient (Wildman–Crippen LogP) is 0.540. The van der Waals surface area contributed by atoms with E-state index in [1.165, 1.54) is 32.0 Å². The van der Waals surface area contributed by atoms with Crippen molar-refractivity contribution in [3.8, 4) is 0 Å². The number of benzene rings is 1. The second-order valence-electron chi connectivity index (χ2n) is 5.30. The van der Waals surface area contributed by atoms with Gasteiger partial charge in [0.15, 0.2) is 19.7 Å². The Kier molecular flexibility index (Phi) is 7.73. The van der Waals surface area contributed by atoms with Gasteiger partial charge in [0.1, 0.15) is 0 Å². The average Bonchev–Trinajstić information content (AvgIpc) is 2.60. The summed E-state index contributed by atoms with van der Waals surface area (Å²) in [6, 6.07) is 3.86. The molecule has 0 aromatic heterocycles. The number of nitrogens with two attached hydrogens (primary N) is 1. The molecule has 2 amide bonds. The van der Waals surface area contributed by atoms with Gasteiger partial charge in [0.05, 0.1) is 11.5 Å². The summed E-state index contributed by atoms with van der Waals surface area (Å²) in [7, 11) is -6.79. The van der Waals surface area contributed by atoms with Crippen molar-refractivity contribution in [2.24, 2.45) is 0 Å².